The van der Waals surface area contributed by atoms with Gasteiger partial charge in [0.25, 0.3) is 5.92 Å². The highest BCUT2D eigenvalue weighted by Crippen LogP contribution is 2.38. The van der Waals surface area contributed by atoms with Crippen molar-refractivity contribution in [1.82, 2.24) is 0 Å². The molecule has 1 N–H and O–H groups in total. The summed E-state index contributed by atoms with van der Waals surface area (Å²) < 4.78 is 25.8. The lowest BCUT2D eigenvalue weighted by atomic mass is 9.80. The fraction of sp³-hybridized carbons (Fsp3) is 1.00. The van der Waals surface area contributed by atoms with Crippen LogP contribution in [0.15, 0.2) is 0 Å². The van der Waals surface area contributed by atoms with Gasteiger partial charge in [-0.3, -0.25) is 0 Å². The van der Waals surface area contributed by atoms with Crippen molar-refractivity contribution in [2.45, 2.75) is 38.5 Å². The Kier molecular flexibility index (Phi) is 3.04. The summed E-state index contributed by atoms with van der Waals surface area (Å²) in [5.74, 6) is -2.85. The Bertz CT molecular complexity index is 139. The monoisotopic (exact) mass is 178 g/mol. The molecule has 1 nitrogen and oxygen atoms in total. The zero-order valence-electron chi connectivity index (χ0n) is 7.39. The van der Waals surface area contributed by atoms with Crippen molar-refractivity contribution in [2.75, 3.05) is 6.61 Å². The van der Waals surface area contributed by atoms with Gasteiger partial charge in [-0.15, -0.1) is 0 Å². The van der Waals surface area contributed by atoms with Gasteiger partial charge in [-0.1, -0.05) is 19.8 Å². The molecule has 0 bridgehead atoms. The molecule has 0 saturated heterocycles. The van der Waals surface area contributed by atoms with Crippen molar-refractivity contribution >= 4 is 0 Å². The second kappa shape index (κ2) is 3.69. The molecule has 0 unspecified atom stereocenters. The van der Waals surface area contributed by atoms with E-state index >= 15 is 0 Å². The Morgan fingerprint density at radius 1 is 1.25 bits per heavy atom. The molecule has 0 amide bonds. The van der Waals surface area contributed by atoms with Gasteiger partial charge < -0.3 is 5.11 Å². The molecule has 0 atom stereocenters. The van der Waals surface area contributed by atoms with Gasteiger partial charge in [0, 0.05) is 5.92 Å². The van der Waals surface area contributed by atoms with Crippen LogP contribution in [-0.2, 0) is 0 Å². The maximum absolute atomic E-state index is 12.9. The molecular weight excluding hydrogens is 162 g/mol. The standard InChI is InChI=1S/C9H16F2O/c1-7-2-4-8(5-3-7)9(10,11)6-12/h7-8,12H,2-6H2,1H3. The van der Waals surface area contributed by atoms with Crippen LogP contribution in [-0.4, -0.2) is 17.6 Å². The minimum atomic E-state index is -2.85. The summed E-state index contributed by atoms with van der Waals surface area (Å²) in [7, 11) is 0. The van der Waals surface area contributed by atoms with E-state index in [1.54, 1.807) is 0 Å². The maximum atomic E-state index is 12.9. The van der Waals surface area contributed by atoms with Gasteiger partial charge in [0.1, 0.15) is 6.61 Å². The van der Waals surface area contributed by atoms with Crippen LogP contribution in [0, 0.1) is 11.8 Å². The molecule has 0 aliphatic heterocycles. The molecule has 0 radical (unpaired) electrons. The topological polar surface area (TPSA) is 20.2 Å². The molecule has 1 saturated carbocycles. The molecule has 0 aromatic rings. The van der Waals surface area contributed by atoms with Crippen LogP contribution >= 0.6 is 0 Å². The van der Waals surface area contributed by atoms with Gasteiger partial charge in [0.15, 0.2) is 0 Å². The quantitative estimate of drug-likeness (QED) is 0.688. The van der Waals surface area contributed by atoms with Crippen LogP contribution in [0.2, 0.25) is 0 Å². The molecule has 1 fully saturated rings. The van der Waals surface area contributed by atoms with Gasteiger partial charge in [0.2, 0.25) is 0 Å². The first-order valence-electron chi connectivity index (χ1n) is 4.55. The second-order valence-electron chi connectivity index (χ2n) is 3.88. The Balaban J connectivity index is 2.44. The third kappa shape index (κ3) is 2.16. The van der Waals surface area contributed by atoms with Crippen molar-refractivity contribution in [2.24, 2.45) is 11.8 Å². The molecule has 3 heteroatoms. The zero-order valence-corrected chi connectivity index (χ0v) is 7.39. The molecule has 0 aromatic carbocycles. The SMILES string of the molecule is CC1CCC(C(F)(F)CO)CC1. The van der Waals surface area contributed by atoms with Crippen LogP contribution < -0.4 is 0 Å². The van der Waals surface area contributed by atoms with Crippen molar-refractivity contribution in [3.63, 3.8) is 0 Å². The molecule has 72 valence electrons. The highest BCUT2D eigenvalue weighted by Gasteiger charge is 2.39. The largest absolute Gasteiger partial charge is 0.390 e. The zero-order chi connectivity index (χ0) is 9.19. The van der Waals surface area contributed by atoms with Crippen molar-refractivity contribution < 1.29 is 13.9 Å². The summed E-state index contributed by atoms with van der Waals surface area (Å²) in [6.45, 7) is 1.10. The number of aliphatic hydroxyl groups excluding tert-OH is 1. The van der Waals surface area contributed by atoms with Crippen molar-refractivity contribution in [3.05, 3.63) is 0 Å². The summed E-state index contributed by atoms with van der Waals surface area (Å²) in [5.41, 5.74) is 0. The van der Waals surface area contributed by atoms with Crippen molar-refractivity contribution in [3.8, 4) is 0 Å². The minimum Gasteiger partial charge on any atom is -0.390 e. The first kappa shape index (κ1) is 9.90. The highest BCUT2D eigenvalue weighted by molar-refractivity contribution is 4.80. The molecule has 1 aliphatic carbocycles. The Morgan fingerprint density at radius 3 is 2.17 bits per heavy atom. The summed E-state index contributed by atoms with van der Waals surface area (Å²) in [6.07, 6.45) is 2.88. The van der Waals surface area contributed by atoms with E-state index < -0.39 is 18.4 Å². The number of aliphatic hydroxyl groups is 1. The first-order valence-corrected chi connectivity index (χ1v) is 4.55. The molecule has 0 aromatic heterocycles. The van der Waals surface area contributed by atoms with Gasteiger partial charge in [-0.05, 0) is 18.8 Å². The van der Waals surface area contributed by atoms with Gasteiger partial charge in [0.05, 0.1) is 0 Å². The Hall–Kier alpha value is -0.180. The summed E-state index contributed by atoms with van der Waals surface area (Å²) in [4.78, 5) is 0. The van der Waals surface area contributed by atoms with Crippen LogP contribution in [0.4, 0.5) is 8.78 Å². The average molecular weight is 178 g/mol. The normalized spacial score (nSPS) is 32.0. The van der Waals surface area contributed by atoms with E-state index in [0.717, 1.165) is 12.8 Å². The third-order valence-corrected chi connectivity index (χ3v) is 2.82. The molecule has 0 spiro atoms. The summed E-state index contributed by atoms with van der Waals surface area (Å²) >= 11 is 0. The molecule has 1 rings (SSSR count). The molecule has 12 heavy (non-hydrogen) atoms. The second-order valence-corrected chi connectivity index (χ2v) is 3.88. The number of rotatable bonds is 2. The predicted octanol–water partition coefficient (Wildman–Crippen LogP) is 2.44. The lowest BCUT2D eigenvalue weighted by molar-refractivity contribution is -0.110. The summed E-state index contributed by atoms with van der Waals surface area (Å²) in [5, 5.41) is 8.46. The lowest BCUT2D eigenvalue weighted by Gasteiger charge is -2.31. The van der Waals surface area contributed by atoms with E-state index in [1.807, 2.05) is 0 Å². The van der Waals surface area contributed by atoms with E-state index in [9.17, 15) is 8.78 Å². The van der Waals surface area contributed by atoms with Gasteiger partial charge >= 0.3 is 0 Å². The third-order valence-electron chi connectivity index (χ3n) is 2.82. The van der Waals surface area contributed by atoms with Gasteiger partial charge in [-0.25, -0.2) is 8.78 Å². The molecular formula is C9H16F2O. The Morgan fingerprint density at radius 2 is 1.75 bits per heavy atom. The molecule has 1 aliphatic rings. The van der Waals surface area contributed by atoms with Crippen LogP contribution in [0.1, 0.15) is 32.6 Å². The first-order chi connectivity index (χ1) is 5.56. The van der Waals surface area contributed by atoms with Gasteiger partial charge in [-0.2, -0.15) is 0 Å². The predicted molar refractivity (Wildman–Crippen MR) is 43.2 cm³/mol. The number of hydrogen-bond donors (Lipinski definition) is 1. The van der Waals surface area contributed by atoms with Crippen molar-refractivity contribution in [1.29, 1.82) is 0 Å². The van der Waals surface area contributed by atoms with Crippen LogP contribution in [0.25, 0.3) is 0 Å². The smallest absolute Gasteiger partial charge is 0.273 e. The summed E-state index contributed by atoms with van der Waals surface area (Å²) in [6, 6.07) is 0. The van der Waals surface area contributed by atoms with E-state index in [4.69, 9.17) is 5.11 Å². The Labute approximate surface area is 71.8 Å². The van der Waals surface area contributed by atoms with E-state index in [-0.39, 0.29) is 0 Å². The lowest BCUT2D eigenvalue weighted by Crippen LogP contribution is -2.34. The highest BCUT2D eigenvalue weighted by atomic mass is 19.3. The fourth-order valence-electron chi connectivity index (χ4n) is 1.81. The number of alkyl halides is 2. The maximum Gasteiger partial charge on any atom is 0.273 e. The fourth-order valence-corrected chi connectivity index (χ4v) is 1.81. The van der Waals surface area contributed by atoms with E-state index in [2.05, 4.69) is 6.92 Å². The minimum absolute atomic E-state index is 0.564. The number of halogens is 2. The van der Waals surface area contributed by atoms with E-state index in [1.165, 1.54) is 0 Å². The average Bonchev–Trinajstić information content (AvgIpc) is 2.05. The molecule has 0 heterocycles. The van der Waals surface area contributed by atoms with E-state index in [0.29, 0.717) is 18.8 Å². The van der Waals surface area contributed by atoms with Crippen LogP contribution in [0.3, 0.4) is 0 Å². The van der Waals surface area contributed by atoms with Crippen LogP contribution in [0.5, 0.6) is 0 Å². The number of hydrogen-bond acceptors (Lipinski definition) is 1.